The summed E-state index contributed by atoms with van der Waals surface area (Å²) in [7, 11) is 1.55. The molecule has 8 heteroatoms. The van der Waals surface area contributed by atoms with Crippen molar-refractivity contribution < 1.29 is 19.2 Å². The summed E-state index contributed by atoms with van der Waals surface area (Å²) in [6, 6.07) is 11.3. The van der Waals surface area contributed by atoms with E-state index in [2.05, 4.69) is 4.98 Å². The Morgan fingerprint density at radius 3 is 2.81 bits per heavy atom. The number of methoxy groups -OCH3 is 1. The zero-order valence-electron chi connectivity index (χ0n) is 13.9. The molecule has 3 aromatic rings. The fourth-order valence-corrected chi connectivity index (χ4v) is 2.41. The van der Waals surface area contributed by atoms with Crippen LogP contribution in [0, 0.1) is 10.1 Å². The highest BCUT2D eigenvalue weighted by Gasteiger charge is 2.19. The summed E-state index contributed by atoms with van der Waals surface area (Å²) >= 11 is 0. The van der Waals surface area contributed by atoms with Crippen molar-refractivity contribution in [3.05, 3.63) is 82.4 Å². The second-order valence-electron chi connectivity index (χ2n) is 5.36. The van der Waals surface area contributed by atoms with Crippen LogP contribution in [0.3, 0.4) is 0 Å². The van der Waals surface area contributed by atoms with Crippen molar-refractivity contribution in [2.45, 2.75) is 6.61 Å². The van der Waals surface area contributed by atoms with Gasteiger partial charge in [-0.1, -0.05) is 12.1 Å². The summed E-state index contributed by atoms with van der Waals surface area (Å²) in [6.45, 7) is 0.0348. The number of ether oxygens (including phenoxy) is 2. The van der Waals surface area contributed by atoms with Crippen LogP contribution >= 0.6 is 0 Å². The lowest BCUT2D eigenvalue weighted by Crippen LogP contribution is -2.07. The number of nitro groups is 1. The van der Waals surface area contributed by atoms with Crippen LogP contribution in [0.5, 0.6) is 5.75 Å². The molecular formula is C18H15N3O5. The predicted octanol–water partition coefficient (Wildman–Crippen LogP) is 3.15. The van der Waals surface area contributed by atoms with Gasteiger partial charge in [0.25, 0.3) is 5.69 Å². The van der Waals surface area contributed by atoms with Crippen molar-refractivity contribution in [3.63, 3.8) is 0 Å². The molecule has 2 aromatic carbocycles. The Labute approximate surface area is 148 Å². The lowest BCUT2D eigenvalue weighted by atomic mass is 10.1. The third-order valence-electron chi connectivity index (χ3n) is 3.69. The Balaban J connectivity index is 1.79. The molecule has 0 unspecified atom stereocenters. The number of hydrogen-bond donors (Lipinski definition) is 0. The second-order valence-corrected chi connectivity index (χ2v) is 5.36. The maximum Gasteiger partial charge on any atom is 0.338 e. The lowest BCUT2D eigenvalue weighted by Gasteiger charge is -2.08. The monoisotopic (exact) mass is 353 g/mol. The van der Waals surface area contributed by atoms with Crippen LogP contribution in [-0.4, -0.2) is 27.6 Å². The quantitative estimate of drug-likeness (QED) is 0.384. The van der Waals surface area contributed by atoms with Gasteiger partial charge in [-0.15, -0.1) is 0 Å². The highest BCUT2D eigenvalue weighted by Crippen LogP contribution is 2.25. The first kappa shape index (κ1) is 17.2. The van der Waals surface area contributed by atoms with E-state index in [-0.39, 0.29) is 17.9 Å². The molecule has 8 nitrogen and oxygen atoms in total. The molecule has 0 spiro atoms. The summed E-state index contributed by atoms with van der Waals surface area (Å²) in [5.41, 5.74) is 0.960. The predicted molar refractivity (Wildman–Crippen MR) is 92.3 cm³/mol. The molecule has 0 bridgehead atoms. The summed E-state index contributed by atoms with van der Waals surface area (Å²) < 4.78 is 11.9. The average Bonchev–Trinajstić information content (AvgIpc) is 3.20. The minimum absolute atomic E-state index is 0.0348. The number of imidazole rings is 1. The van der Waals surface area contributed by atoms with Gasteiger partial charge in [-0.25, -0.2) is 9.78 Å². The number of carbonyl (C=O) groups is 1. The number of esters is 1. The fourth-order valence-electron chi connectivity index (χ4n) is 2.41. The molecule has 0 aliphatic rings. The van der Waals surface area contributed by atoms with Crippen LogP contribution in [-0.2, 0) is 11.3 Å². The molecule has 0 saturated heterocycles. The third kappa shape index (κ3) is 3.69. The van der Waals surface area contributed by atoms with Crippen molar-refractivity contribution in [2.75, 3.05) is 7.11 Å². The minimum Gasteiger partial charge on any atom is -0.497 e. The van der Waals surface area contributed by atoms with Gasteiger partial charge in [0.15, 0.2) is 0 Å². The number of aromatic nitrogens is 2. The van der Waals surface area contributed by atoms with Gasteiger partial charge in [-0.2, -0.15) is 0 Å². The molecule has 26 heavy (non-hydrogen) atoms. The van der Waals surface area contributed by atoms with E-state index in [0.29, 0.717) is 11.4 Å². The molecule has 0 amide bonds. The van der Waals surface area contributed by atoms with Gasteiger partial charge in [0.05, 0.1) is 23.9 Å². The van der Waals surface area contributed by atoms with E-state index < -0.39 is 10.9 Å². The Bertz CT molecular complexity index is 938. The summed E-state index contributed by atoms with van der Waals surface area (Å²) in [5, 5.41) is 11.3. The zero-order valence-corrected chi connectivity index (χ0v) is 13.9. The molecule has 0 fully saturated rings. The van der Waals surface area contributed by atoms with Crippen molar-refractivity contribution in [1.82, 2.24) is 9.55 Å². The maximum atomic E-state index is 12.2. The molecule has 0 radical (unpaired) electrons. The van der Waals surface area contributed by atoms with E-state index in [1.165, 1.54) is 35.3 Å². The third-order valence-corrected chi connectivity index (χ3v) is 3.69. The van der Waals surface area contributed by atoms with E-state index in [1.807, 2.05) is 0 Å². The van der Waals surface area contributed by atoms with E-state index in [0.717, 1.165) is 5.56 Å². The van der Waals surface area contributed by atoms with Gasteiger partial charge in [0.1, 0.15) is 18.0 Å². The highest BCUT2D eigenvalue weighted by molar-refractivity contribution is 5.90. The minimum atomic E-state index is -0.645. The molecule has 0 atom stereocenters. The van der Waals surface area contributed by atoms with Crippen LogP contribution in [0.2, 0.25) is 0 Å². The molecule has 1 heterocycles. The van der Waals surface area contributed by atoms with Crippen molar-refractivity contribution in [1.29, 1.82) is 0 Å². The number of carbonyl (C=O) groups excluding carboxylic acids is 1. The summed E-state index contributed by atoms with van der Waals surface area (Å²) in [6.07, 6.45) is 4.55. The van der Waals surface area contributed by atoms with Crippen molar-refractivity contribution in [2.24, 2.45) is 0 Å². The zero-order chi connectivity index (χ0) is 18.5. The summed E-state index contributed by atoms with van der Waals surface area (Å²) in [5.74, 6) is 0.00646. The highest BCUT2D eigenvalue weighted by atomic mass is 16.6. The molecule has 0 saturated carbocycles. The smallest absolute Gasteiger partial charge is 0.338 e. The fraction of sp³-hybridized carbons (Fsp3) is 0.111. The first-order chi connectivity index (χ1) is 12.6. The Morgan fingerprint density at radius 1 is 1.27 bits per heavy atom. The van der Waals surface area contributed by atoms with E-state index in [9.17, 15) is 14.9 Å². The number of nitro benzene ring substituents is 1. The summed E-state index contributed by atoms with van der Waals surface area (Å²) in [4.78, 5) is 26.9. The number of benzene rings is 2. The van der Waals surface area contributed by atoms with Crippen LogP contribution in [0.25, 0.3) is 5.69 Å². The van der Waals surface area contributed by atoms with Crippen LogP contribution in [0.15, 0.2) is 61.2 Å². The van der Waals surface area contributed by atoms with E-state index in [1.54, 1.807) is 37.6 Å². The molecule has 3 rings (SSSR count). The SMILES string of the molecule is COc1cccc(COC(=O)c2ccc(-n3ccnc3)c([N+](=O)[O-])c2)c1. The molecule has 132 valence electrons. The van der Waals surface area contributed by atoms with E-state index >= 15 is 0 Å². The van der Waals surface area contributed by atoms with Gasteiger partial charge in [0.2, 0.25) is 0 Å². The van der Waals surface area contributed by atoms with Gasteiger partial charge >= 0.3 is 5.97 Å². The normalized spacial score (nSPS) is 10.3. The topological polar surface area (TPSA) is 96.5 Å². The molecule has 0 N–H and O–H groups in total. The van der Waals surface area contributed by atoms with Gasteiger partial charge in [0, 0.05) is 18.5 Å². The standard InChI is InChI=1S/C18H15N3O5/c1-25-15-4-2-3-13(9-15)11-26-18(22)14-5-6-16(17(10-14)21(23)24)20-8-7-19-12-20/h2-10,12H,11H2,1H3. The Morgan fingerprint density at radius 2 is 2.12 bits per heavy atom. The first-order valence-corrected chi connectivity index (χ1v) is 7.65. The first-order valence-electron chi connectivity index (χ1n) is 7.65. The molecule has 1 aromatic heterocycles. The van der Waals surface area contributed by atoms with Gasteiger partial charge in [-0.05, 0) is 29.8 Å². The van der Waals surface area contributed by atoms with Crippen LogP contribution in [0.4, 0.5) is 5.69 Å². The lowest BCUT2D eigenvalue weighted by molar-refractivity contribution is -0.384. The molecule has 0 aliphatic heterocycles. The van der Waals surface area contributed by atoms with Crippen LogP contribution < -0.4 is 4.74 Å². The number of nitrogens with zero attached hydrogens (tertiary/aromatic N) is 3. The number of hydrogen-bond acceptors (Lipinski definition) is 6. The Kier molecular flexibility index (Phi) is 4.93. The number of rotatable bonds is 6. The van der Waals surface area contributed by atoms with Gasteiger partial charge in [-0.3, -0.25) is 10.1 Å². The molecular weight excluding hydrogens is 338 g/mol. The average molecular weight is 353 g/mol. The van der Waals surface area contributed by atoms with Gasteiger partial charge < -0.3 is 14.0 Å². The second kappa shape index (κ2) is 7.47. The Hall–Kier alpha value is -3.68. The largest absolute Gasteiger partial charge is 0.497 e. The maximum absolute atomic E-state index is 12.2. The van der Waals surface area contributed by atoms with Crippen LogP contribution in [0.1, 0.15) is 15.9 Å². The molecule has 0 aliphatic carbocycles. The van der Waals surface area contributed by atoms with Crippen molar-refractivity contribution in [3.8, 4) is 11.4 Å². The van der Waals surface area contributed by atoms with E-state index in [4.69, 9.17) is 9.47 Å². The van der Waals surface area contributed by atoms with Crippen molar-refractivity contribution >= 4 is 11.7 Å².